The molecule has 0 aromatic carbocycles. The van der Waals surface area contributed by atoms with Crippen molar-refractivity contribution in [2.45, 2.75) is 232 Å². The Hall–Kier alpha value is -5.75. The molecule has 0 radical (unpaired) electrons. The maximum Gasteiger partial charge on any atom is 0.306 e. The first-order valence-corrected chi connectivity index (χ1v) is 30.9. The Kier molecular flexibility index (Phi) is 60.1. The molecular formula is C73H110O6. The van der Waals surface area contributed by atoms with E-state index in [2.05, 4.69) is 191 Å². The van der Waals surface area contributed by atoms with Crippen molar-refractivity contribution in [2.75, 3.05) is 13.2 Å². The highest BCUT2D eigenvalue weighted by molar-refractivity contribution is 5.71. The Morgan fingerprint density at radius 2 is 0.481 bits per heavy atom. The van der Waals surface area contributed by atoms with E-state index in [0.717, 1.165) is 128 Å². The van der Waals surface area contributed by atoms with E-state index in [1.807, 2.05) is 24.3 Å². The van der Waals surface area contributed by atoms with Gasteiger partial charge >= 0.3 is 17.9 Å². The predicted octanol–water partition coefficient (Wildman–Crippen LogP) is 21.4. The van der Waals surface area contributed by atoms with Crippen LogP contribution in [-0.2, 0) is 28.6 Å². The summed E-state index contributed by atoms with van der Waals surface area (Å²) >= 11 is 0. The maximum absolute atomic E-state index is 12.9. The highest BCUT2D eigenvalue weighted by Crippen LogP contribution is 2.13. The minimum absolute atomic E-state index is 0.144. The van der Waals surface area contributed by atoms with Crippen LogP contribution in [0.2, 0.25) is 0 Å². The fraction of sp³-hybridized carbons (Fsp3) is 0.521. The van der Waals surface area contributed by atoms with Gasteiger partial charge in [-0.25, -0.2) is 0 Å². The molecule has 6 heteroatoms. The number of hydrogen-bond acceptors (Lipinski definition) is 6. The number of carbonyl (C=O) groups excluding carboxylic acids is 3. The topological polar surface area (TPSA) is 78.9 Å². The molecule has 438 valence electrons. The van der Waals surface area contributed by atoms with E-state index >= 15 is 0 Å². The fourth-order valence-corrected chi connectivity index (χ4v) is 7.60. The van der Waals surface area contributed by atoms with Gasteiger partial charge in [0.15, 0.2) is 6.10 Å². The second-order valence-corrected chi connectivity index (χ2v) is 19.5. The van der Waals surface area contributed by atoms with Crippen LogP contribution in [0.3, 0.4) is 0 Å². The largest absolute Gasteiger partial charge is 0.462 e. The predicted molar refractivity (Wildman–Crippen MR) is 343 cm³/mol. The van der Waals surface area contributed by atoms with Crippen molar-refractivity contribution in [1.82, 2.24) is 0 Å². The standard InChI is InChI=1S/C73H110O6/c1-4-7-10-13-16-19-22-25-28-31-34-35-36-37-40-42-45-48-51-54-57-60-63-66-72(75)78-69-70(79-73(76)67-64-61-58-55-52-49-46-43-39-33-30-27-24-21-18-15-12-9-6-3)68-77-71(74)65-62-59-56-53-50-47-44-41-38-32-29-26-23-20-17-14-11-8-5-2/h7-12,16-21,25-30,34-35,38-39,41,43,47,49-50,52,56,58-59,61,70H,4-6,13-15,22-24,31-33,36-37,40,42,44-46,48,51,53-55,57,60,62-69H2,1-3H3/b10-7-,11-8-,12-9-,19-16-,20-17-,21-18-,28-25-,29-26-,30-27-,35-34-,41-38-,43-39-,50-47-,52-49-,59-56-,61-58-. The average molecular weight is 1080 g/mol. The summed E-state index contributed by atoms with van der Waals surface area (Å²) in [6, 6.07) is 0. The van der Waals surface area contributed by atoms with Crippen LogP contribution in [0.4, 0.5) is 0 Å². The number of esters is 3. The zero-order valence-corrected chi connectivity index (χ0v) is 50.0. The second-order valence-electron chi connectivity index (χ2n) is 19.5. The van der Waals surface area contributed by atoms with Crippen LogP contribution in [0.1, 0.15) is 226 Å². The lowest BCUT2D eigenvalue weighted by Crippen LogP contribution is -2.30. The monoisotopic (exact) mass is 1080 g/mol. The molecule has 0 saturated heterocycles. The van der Waals surface area contributed by atoms with Gasteiger partial charge in [-0.05, 0) is 135 Å². The van der Waals surface area contributed by atoms with Gasteiger partial charge in [-0.3, -0.25) is 14.4 Å². The third kappa shape index (κ3) is 63.0. The molecule has 1 atom stereocenters. The zero-order chi connectivity index (χ0) is 57.1. The summed E-state index contributed by atoms with van der Waals surface area (Å²) < 4.78 is 16.8. The molecule has 0 aliphatic heterocycles. The molecule has 0 aromatic rings. The molecule has 0 N–H and O–H groups in total. The van der Waals surface area contributed by atoms with E-state index in [0.29, 0.717) is 19.3 Å². The smallest absolute Gasteiger partial charge is 0.306 e. The van der Waals surface area contributed by atoms with Gasteiger partial charge in [0.25, 0.3) is 0 Å². The van der Waals surface area contributed by atoms with Crippen LogP contribution in [0, 0.1) is 0 Å². The van der Waals surface area contributed by atoms with Gasteiger partial charge in [-0.1, -0.05) is 267 Å². The highest BCUT2D eigenvalue weighted by Gasteiger charge is 2.19. The Bertz CT molecular complexity index is 1920. The summed E-state index contributed by atoms with van der Waals surface area (Å²) in [6.07, 6.45) is 98.8. The fourth-order valence-electron chi connectivity index (χ4n) is 7.60. The third-order valence-corrected chi connectivity index (χ3v) is 12.1. The van der Waals surface area contributed by atoms with Crippen LogP contribution in [0.15, 0.2) is 194 Å². The van der Waals surface area contributed by atoms with E-state index in [9.17, 15) is 14.4 Å². The van der Waals surface area contributed by atoms with E-state index < -0.39 is 12.1 Å². The van der Waals surface area contributed by atoms with E-state index in [1.54, 1.807) is 0 Å². The normalized spacial score (nSPS) is 13.5. The lowest BCUT2D eigenvalue weighted by atomic mass is 10.1. The Morgan fingerprint density at radius 3 is 0.785 bits per heavy atom. The average Bonchev–Trinajstić information content (AvgIpc) is 3.45. The molecule has 0 aromatic heterocycles. The quantitative estimate of drug-likeness (QED) is 0.0261. The molecule has 79 heavy (non-hydrogen) atoms. The van der Waals surface area contributed by atoms with E-state index in [1.165, 1.54) is 44.9 Å². The Balaban J connectivity index is 4.62. The van der Waals surface area contributed by atoms with Crippen molar-refractivity contribution in [3.8, 4) is 0 Å². The summed E-state index contributed by atoms with van der Waals surface area (Å²) in [6.45, 7) is 6.15. The van der Waals surface area contributed by atoms with Gasteiger partial charge in [0.1, 0.15) is 13.2 Å². The summed E-state index contributed by atoms with van der Waals surface area (Å²) in [5, 5.41) is 0. The third-order valence-electron chi connectivity index (χ3n) is 12.1. The molecule has 6 nitrogen and oxygen atoms in total. The lowest BCUT2D eigenvalue weighted by Gasteiger charge is -2.18. The van der Waals surface area contributed by atoms with E-state index in [4.69, 9.17) is 14.2 Å². The van der Waals surface area contributed by atoms with Crippen LogP contribution in [0.25, 0.3) is 0 Å². The molecule has 0 amide bonds. The zero-order valence-electron chi connectivity index (χ0n) is 50.0. The van der Waals surface area contributed by atoms with E-state index in [-0.39, 0.29) is 38.0 Å². The van der Waals surface area contributed by atoms with Gasteiger partial charge in [0.05, 0.1) is 0 Å². The van der Waals surface area contributed by atoms with Gasteiger partial charge in [0.2, 0.25) is 0 Å². The summed E-state index contributed by atoms with van der Waals surface area (Å²) in [4.78, 5) is 38.3. The first kappa shape index (κ1) is 73.2. The molecule has 0 heterocycles. The van der Waals surface area contributed by atoms with Gasteiger partial charge in [-0.15, -0.1) is 0 Å². The molecule has 0 bridgehead atoms. The van der Waals surface area contributed by atoms with Crippen LogP contribution in [-0.4, -0.2) is 37.2 Å². The summed E-state index contributed by atoms with van der Waals surface area (Å²) in [5.74, 6) is -1.13. The van der Waals surface area contributed by atoms with Crippen LogP contribution < -0.4 is 0 Å². The SMILES string of the molecule is CC/C=C\C/C=C\C/C=C\C/C=C\C/C=C\C/C=C\CCC(=O)OCC(COC(=O)CCCCCCCCCCCC/C=C\C/C=C\C/C=C\C/C=C\CC)OC(=O)CC/C=C\C/C=C\C/C=C\C/C=C\C/C=C\C/C=C\CC. The van der Waals surface area contributed by atoms with Crippen LogP contribution in [0.5, 0.6) is 0 Å². The molecule has 0 saturated carbocycles. The molecule has 0 aliphatic rings. The molecule has 0 rings (SSSR count). The van der Waals surface area contributed by atoms with Crippen molar-refractivity contribution < 1.29 is 28.6 Å². The number of hydrogen-bond donors (Lipinski definition) is 0. The molecule has 0 fully saturated rings. The summed E-state index contributed by atoms with van der Waals surface area (Å²) in [5.41, 5.74) is 0. The Morgan fingerprint density at radius 1 is 0.253 bits per heavy atom. The van der Waals surface area contributed by atoms with Crippen molar-refractivity contribution in [1.29, 1.82) is 0 Å². The number of unbranched alkanes of at least 4 members (excludes halogenated alkanes) is 10. The van der Waals surface area contributed by atoms with Crippen molar-refractivity contribution in [2.24, 2.45) is 0 Å². The van der Waals surface area contributed by atoms with Gasteiger partial charge in [-0.2, -0.15) is 0 Å². The van der Waals surface area contributed by atoms with Crippen molar-refractivity contribution >= 4 is 17.9 Å². The minimum Gasteiger partial charge on any atom is -0.462 e. The number of rotatable bonds is 53. The second kappa shape index (κ2) is 64.8. The molecule has 0 aliphatic carbocycles. The van der Waals surface area contributed by atoms with Gasteiger partial charge in [0, 0.05) is 19.3 Å². The number of allylic oxidation sites excluding steroid dienone is 32. The molecule has 0 spiro atoms. The Labute approximate surface area is 484 Å². The van der Waals surface area contributed by atoms with Gasteiger partial charge < -0.3 is 14.2 Å². The number of carbonyl (C=O) groups is 3. The van der Waals surface area contributed by atoms with Crippen molar-refractivity contribution in [3.05, 3.63) is 194 Å². The summed E-state index contributed by atoms with van der Waals surface area (Å²) in [7, 11) is 0. The number of ether oxygens (including phenoxy) is 3. The first-order valence-electron chi connectivity index (χ1n) is 30.9. The minimum atomic E-state index is -0.865. The van der Waals surface area contributed by atoms with Crippen molar-refractivity contribution in [3.63, 3.8) is 0 Å². The maximum atomic E-state index is 12.9. The highest BCUT2D eigenvalue weighted by atomic mass is 16.6. The lowest BCUT2D eigenvalue weighted by molar-refractivity contribution is -0.166. The van der Waals surface area contributed by atoms with Crippen LogP contribution >= 0.6 is 0 Å². The molecule has 1 unspecified atom stereocenters. The molecular weight excluding hydrogens is 973 g/mol. The first-order chi connectivity index (χ1) is 39.0.